The van der Waals surface area contributed by atoms with Gasteiger partial charge in [-0.3, -0.25) is 9.59 Å². The highest BCUT2D eigenvalue weighted by Gasteiger charge is 2.24. The maximum Gasteiger partial charge on any atom is 0.251 e. The Balaban J connectivity index is 2.12. The number of halogens is 2. The summed E-state index contributed by atoms with van der Waals surface area (Å²) in [6, 6.07) is 4.15. The van der Waals surface area contributed by atoms with E-state index in [1.807, 2.05) is 6.92 Å². The van der Waals surface area contributed by atoms with Gasteiger partial charge in [-0.25, -0.2) is 4.39 Å². The lowest BCUT2D eigenvalue weighted by atomic mass is 9.81. The van der Waals surface area contributed by atoms with Gasteiger partial charge in [-0.15, -0.1) is 0 Å². The zero-order chi connectivity index (χ0) is 19.7. The van der Waals surface area contributed by atoms with Crippen molar-refractivity contribution in [2.24, 2.45) is 5.92 Å². The van der Waals surface area contributed by atoms with Gasteiger partial charge in [0, 0.05) is 28.8 Å². The van der Waals surface area contributed by atoms with E-state index in [4.69, 9.17) is 16.3 Å². The first kappa shape index (κ1) is 19.6. The lowest BCUT2D eigenvalue weighted by molar-refractivity contribution is 0.101. The summed E-state index contributed by atoms with van der Waals surface area (Å²) in [6.45, 7) is 3.35. The van der Waals surface area contributed by atoms with Gasteiger partial charge in [-0.1, -0.05) is 30.9 Å². The minimum atomic E-state index is -0.734. The van der Waals surface area contributed by atoms with E-state index in [0.717, 1.165) is 6.42 Å². The molecule has 144 valence electrons. The van der Waals surface area contributed by atoms with Crippen LogP contribution in [0.15, 0.2) is 29.2 Å². The van der Waals surface area contributed by atoms with Gasteiger partial charge >= 0.3 is 0 Å². The van der Waals surface area contributed by atoms with Crippen LogP contribution in [0.3, 0.4) is 0 Å². The number of nitrogens with zero attached hydrogens (tertiary/aromatic N) is 1. The van der Waals surface area contributed by atoms with E-state index in [-0.39, 0.29) is 39.1 Å². The normalized spacial score (nSPS) is 15.3. The van der Waals surface area contributed by atoms with Crippen molar-refractivity contribution in [2.75, 3.05) is 7.11 Å². The Labute approximate surface area is 162 Å². The molecule has 1 unspecified atom stereocenters. The van der Waals surface area contributed by atoms with E-state index < -0.39 is 5.82 Å². The van der Waals surface area contributed by atoms with E-state index >= 15 is 0 Å². The molecule has 0 N–H and O–H groups in total. The average Bonchev–Trinajstić information content (AvgIpc) is 2.59. The highest BCUT2D eigenvalue weighted by Crippen LogP contribution is 2.38. The summed E-state index contributed by atoms with van der Waals surface area (Å²) in [6.07, 6.45) is 6.17. The van der Waals surface area contributed by atoms with Crippen LogP contribution >= 0.6 is 11.6 Å². The highest BCUT2D eigenvalue weighted by atomic mass is 35.5. The third-order valence-electron chi connectivity index (χ3n) is 5.38. The van der Waals surface area contributed by atoms with Gasteiger partial charge in [0.25, 0.3) is 5.56 Å². The Morgan fingerprint density at radius 2 is 2.11 bits per heavy atom. The number of ketones is 1. The molecule has 0 bridgehead atoms. The number of hydrogen-bond donors (Lipinski definition) is 0. The molecule has 1 aliphatic rings. The summed E-state index contributed by atoms with van der Waals surface area (Å²) >= 11 is 5.93. The van der Waals surface area contributed by atoms with Gasteiger partial charge in [0.2, 0.25) is 0 Å². The van der Waals surface area contributed by atoms with Crippen LogP contribution in [0, 0.1) is 11.7 Å². The number of carbonyl (C=O) groups excluding carboxylic acids is 1. The Morgan fingerprint density at radius 1 is 1.41 bits per heavy atom. The monoisotopic (exact) mass is 391 g/mol. The van der Waals surface area contributed by atoms with Crippen molar-refractivity contribution in [2.45, 2.75) is 45.6 Å². The molecule has 0 radical (unpaired) electrons. The minimum Gasteiger partial charge on any atom is -0.495 e. The second-order valence-corrected chi connectivity index (χ2v) is 7.63. The molecule has 1 saturated carbocycles. The number of pyridine rings is 1. The first-order valence-corrected chi connectivity index (χ1v) is 9.50. The third-order valence-corrected chi connectivity index (χ3v) is 5.67. The van der Waals surface area contributed by atoms with Crippen molar-refractivity contribution >= 4 is 17.4 Å². The first-order valence-electron chi connectivity index (χ1n) is 9.13. The number of rotatable bonds is 6. The summed E-state index contributed by atoms with van der Waals surface area (Å²) in [5.74, 6) is -0.0709. The molecule has 0 saturated heterocycles. The Bertz CT molecular complexity index is 934. The molecular formula is C21H23ClFNO3. The fourth-order valence-corrected chi connectivity index (χ4v) is 3.82. The van der Waals surface area contributed by atoms with Crippen LogP contribution in [0.5, 0.6) is 5.75 Å². The van der Waals surface area contributed by atoms with E-state index in [9.17, 15) is 14.0 Å². The van der Waals surface area contributed by atoms with Gasteiger partial charge < -0.3 is 9.30 Å². The molecule has 27 heavy (non-hydrogen) atoms. The second-order valence-electron chi connectivity index (χ2n) is 7.22. The second kappa shape index (κ2) is 7.85. The van der Waals surface area contributed by atoms with Crippen molar-refractivity contribution in [3.05, 3.63) is 51.2 Å². The van der Waals surface area contributed by atoms with Crippen LogP contribution in [0.25, 0.3) is 11.1 Å². The highest BCUT2D eigenvalue weighted by molar-refractivity contribution is 6.31. The number of Topliss-reactive ketones (excluding diaryl/α,β-unsaturated/α-hetero) is 1. The predicted molar refractivity (Wildman–Crippen MR) is 104 cm³/mol. The van der Waals surface area contributed by atoms with E-state index in [1.165, 1.54) is 51.5 Å². The Hall–Kier alpha value is -2.14. The molecule has 4 nitrogen and oxygen atoms in total. The molecule has 0 spiro atoms. The smallest absolute Gasteiger partial charge is 0.251 e. The zero-order valence-electron chi connectivity index (χ0n) is 15.7. The van der Waals surface area contributed by atoms with Gasteiger partial charge in [0.15, 0.2) is 5.78 Å². The zero-order valence-corrected chi connectivity index (χ0v) is 16.5. The van der Waals surface area contributed by atoms with E-state index in [2.05, 4.69) is 0 Å². The van der Waals surface area contributed by atoms with Gasteiger partial charge in [0.1, 0.15) is 11.6 Å². The van der Waals surface area contributed by atoms with Crippen molar-refractivity contribution < 1.29 is 13.9 Å². The molecular weight excluding hydrogens is 369 g/mol. The van der Waals surface area contributed by atoms with Crippen LogP contribution in [0.4, 0.5) is 4.39 Å². The molecule has 0 aliphatic heterocycles. The molecule has 1 aliphatic carbocycles. The number of ether oxygens (including phenoxy) is 1. The first-order chi connectivity index (χ1) is 12.8. The maximum atomic E-state index is 14.8. The van der Waals surface area contributed by atoms with Crippen LogP contribution in [-0.4, -0.2) is 17.5 Å². The Morgan fingerprint density at radius 3 is 2.67 bits per heavy atom. The molecule has 1 heterocycles. The number of aromatic nitrogens is 1. The average molecular weight is 392 g/mol. The van der Waals surface area contributed by atoms with Crippen molar-refractivity contribution in [3.63, 3.8) is 0 Å². The SMILES string of the molecule is COc1cn(C(C)CC2CCC2)c(=O)cc1-c1c(C(C)=O)ccc(Cl)c1F. The number of hydrogen-bond acceptors (Lipinski definition) is 3. The lowest BCUT2D eigenvalue weighted by Gasteiger charge is -2.29. The van der Waals surface area contributed by atoms with Gasteiger partial charge in [-0.05, 0) is 38.3 Å². The predicted octanol–water partition coefficient (Wildman–Crippen LogP) is 5.27. The topological polar surface area (TPSA) is 48.3 Å². The molecule has 1 aromatic heterocycles. The minimum absolute atomic E-state index is 0.00254. The number of benzene rings is 1. The van der Waals surface area contributed by atoms with Gasteiger partial charge in [-0.2, -0.15) is 0 Å². The van der Waals surface area contributed by atoms with Crippen molar-refractivity contribution in [1.29, 1.82) is 0 Å². The summed E-state index contributed by atoms with van der Waals surface area (Å²) in [5.41, 5.74) is 0.143. The van der Waals surface area contributed by atoms with Crippen LogP contribution in [0.2, 0.25) is 5.02 Å². The molecule has 0 amide bonds. The third kappa shape index (κ3) is 3.79. The lowest BCUT2D eigenvalue weighted by Crippen LogP contribution is -2.26. The summed E-state index contributed by atoms with van der Waals surface area (Å²) in [4.78, 5) is 24.7. The van der Waals surface area contributed by atoms with Crippen molar-refractivity contribution in [3.8, 4) is 16.9 Å². The fourth-order valence-electron chi connectivity index (χ4n) is 3.66. The molecule has 6 heteroatoms. The fraction of sp³-hybridized carbons (Fsp3) is 0.429. The van der Waals surface area contributed by atoms with Crippen LogP contribution in [-0.2, 0) is 0 Å². The van der Waals surface area contributed by atoms with Crippen LogP contribution in [0.1, 0.15) is 55.9 Å². The molecule has 1 aromatic carbocycles. The Kier molecular flexibility index (Phi) is 5.70. The summed E-state index contributed by atoms with van der Waals surface area (Å²) in [7, 11) is 1.46. The number of carbonyl (C=O) groups is 1. The van der Waals surface area contributed by atoms with Crippen LogP contribution < -0.4 is 10.3 Å². The number of methoxy groups -OCH3 is 1. The molecule has 3 rings (SSSR count). The van der Waals surface area contributed by atoms with E-state index in [1.54, 1.807) is 10.8 Å². The quantitative estimate of drug-likeness (QED) is 0.630. The van der Waals surface area contributed by atoms with E-state index in [0.29, 0.717) is 11.7 Å². The molecule has 2 aromatic rings. The van der Waals surface area contributed by atoms with Gasteiger partial charge in [0.05, 0.1) is 18.3 Å². The largest absolute Gasteiger partial charge is 0.495 e. The van der Waals surface area contributed by atoms with Crippen molar-refractivity contribution in [1.82, 2.24) is 4.57 Å². The molecule has 1 atom stereocenters. The standard InChI is InChI=1S/C21H23ClFNO3/c1-12(9-14-5-4-6-14)24-11-18(27-3)16(10-19(24)26)20-15(13(2)25)7-8-17(22)21(20)23/h7-8,10-12,14H,4-6,9H2,1-3H3. The summed E-state index contributed by atoms with van der Waals surface area (Å²) in [5, 5.41) is -0.111. The summed E-state index contributed by atoms with van der Waals surface area (Å²) < 4.78 is 21.9. The molecule has 1 fully saturated rings. The maximum absolute atomic E-state index is 14.8.